The van der Waals surface area contributed by atoms with E-state index in [1.54, 1.807) is 6.92 Å². The predicted octanol–water partition coefficient (Wildman–Crippen LogP) is 2.27. The molecule has 2 aliphatic rings. The number of hydrogen-bond acceptors (Lipinski definition) is 3. The van der Waals surface area contributed by atoms with Crippen molar-refractivity contribution in [2.24, 2.45) is 11.8 Å². The first-order valence-electron chi connectivity index (χ1n) is 6.51. The van der Waals surface area contributed by atoms with Gasteiger partial charge in [0, 0.05) is 0 Å². The number of esters is 1. The van der Waals surface area contributed by atoms with Crippen LogP contribution in [0.3, 0.4) is 0 Å². The Labute approximate surface area is 97.2 Å². The molecule has 0 amide bonds. The Hall–Kier alpha value is -0.570. The van der Waals surface area contributed by atoms with Crippen molar-refractivity contribution in [3.63, 3.8) is 0 Å². The van der Waals surface area contributed by atoms with Gasteiger partial charge in [-0.2, -0.15) is 0 Å². The lowest BCUT2D eigenvalue weighted by Crippen LogP contribution is -2.38. The van der Waals surface area contributed by atoms with E-state index in [-0.39, 0.29) is 12.4 Å². The predicted molar refractivity (Wildman–Crippen MR) is 60.9 cm³/mol. The molecule has 2 unspecified atom stereocenters. The van der Waals surface area contributed by atoms with Gasteiger partial charge in [0.25, 0.3) is 0 Å². The lowest BCUT2D eigenvalue weighted by atomic mass is 9.74. The van der Waals surface area contributed by atoms with Crippen LogP contribution in [0.25, 0.3) is 0 Å². The molecule has 0 heterocycles. The van der Waals surface area contributed by atoms with Crippen LogP contribution in [0.1, 0.15) is 51.9 Å². The number of carbonyl (C=O) groups is 1. The summed E-state index contributed by atoms with van der Waals surface area (Å²) >= 11 is 0. The summed E-state index contributed by atoms with van der Waals surface area (Å²) in [6, 6.07) is 0. The number of ether oxygens (including phenoxy) is 1. The third-order valence-electron chi connectivity index (χ3n) is 3.93. The molecule has 0 radical (unpaired) electrons. The quantitative estimate of drug-likeness (QED) is 0.748. The lowest BCUT2D eigenvalue weighted by Gasteiger charge is -2.36. The van der Waals surface area contributed by atoms with Gasteiger partial charge >= 0.3 is 5.97 Å². The molecule has 2 aliphatic carbocycles. The van der Waals surface area contributed by atoms with Gasteiger partial charge in [0.15, 0.2) is 0 Å². The first-order valence-corrected chi connectivity index (χ1v) is 6.51. The number of hydrogen-bond donors (Lipinski definition) is 1. The highest BCUT2D eigenvalue weighted by molar-refractivity contribution is 5.70. The smallest absolute Gasteiger partial charge is 0.308 e. The highest BCUT2D eigenvalue weighted by Crippen LogP contribution is 2.47. The molecule has 0 spiro atoms. The van der Waals surface area contributed by atoms with E-state index in [1.807, 2.05) is 0 Å². The molecule has 2 fully saturated rings. The molecule has 3 heteroatoms. The van der Waals surface area contributed by atoms with E-state index in [0.29, 0.717) is 12.5 Å². The van der Waals surface area contributed by atoms with Gasteiger partial charge in [-0.25, -0.2) is 0 Å². The van der Waals surface area contributed by atoms with E-state index in [0.717, 1.165) is 25.2 Å². The zero-order valence-corrected chi connectivity index (χ0v) is 10.1. The molecule has 0 aromatic carbocycles. The summed E-state index contributed by atoms with van der Waals surface area (Å²) < 4.78 is 4.92. The highest BCUT2D eigenvalue weighted by Gasteiger charge is 2.42. The van der Waals surface area contributed by atoms with Crippen molar-refractivity contribution in [2.45, 2.75) is 57.5 Å². The van der Waals surface area contributed by atoms with Crippen LogP contribution in [0.2, 0.25) is 0 Å². The zero-order valence-electron chi connectivity index (χ0n) is 10.1. The fourth-order valence-corrected chi connectivity index (χ4v) is 3.00. The van der Waals surface area contributed by atoms with Crippen LogP contribution in [0.5, 0.6) is 0 Å². The van der Waals surface area contributed by atoms with Crippen molar-refractivity contribution < 1.29 is 14.6 Å². The summed E-state index contributed by atoms with van der Waals surface area (Å²) in [6.45, 7) is 2.21. The Morgan fingerprint density at radius 1 is 1.38 bits per heavy atom. The molecule has 2 atom stereocenters. The maximum absolute atomic E-state index is 11.4. The van der Waals surface area contributed by atoms with Gasteiger partial charge in [-0.1, -0.05) is 6.42 Å². The maximum Gasteiger partial charge on any atom is 0.308 e. The van der Waals surface area contributed by atoms with Crippen LogP contribution in [-0.4, -0.2) is 23.3 Å². The van der Waals surface area contributed by atoms with Gasteiger partial charge in [-0.05, 0) is 50.9 Å². The molecular formula is C13H22O3. The average Bonchev–Trinajstić information content (AvgIpc) is 2.99. The minimum Gasteiger partial charge on any atom is -0.466 e. The second kappa shape index (κ2) is 4.74. The van der Waals surface area contributed by atoms with Gasteiger partial charge in [-0.3, -0.25) is 4.79 Å². The second-order valence-electron chi connectivity index (χ2n) is 5.40. The fraction of sp³-hybridized carbons (Fsp3) is 0.923. The summed E-state index contributed by atoms with van der Waals surface area (Å²) in [5, 5.41) is 10.4. The Morgan fingerprint density at radius 3 is 2.75 bits per heavy atom. The van der Waals surface area contributed by atoms with E-state index in [4.69, 9.17) is 4.74 Å². The topological polar surface area (TPSA) is 46.5 Å². The zero-order chi connectivity index (χ0) is 11.6. The van der Waals surface area contributed by atoms with Gasteiger partial charge in [0.2, 0.25) is 0 Å². The molecule has 1 N–H and O–H groups in total. The fourth-order valence-electron chi connectivity index (χ4n) is 3.00. The second-order valence-corrected chi connectivity index (χ2v) is 5.40. The van der Waals surface area contributed by atoms with E-state index in [1.165, 1.54) is 19.3 Å². The Bertz CT molecular complexity index is 260. The summed E-state index contributed by atoms with van der Waals surface area (Å²) in [6.07, 6.45) is 6.67. The van der Waals surface area contributed by atoms with Crippen LogP contribution in [0, 0.1) is 11.8 Å². The van der Waals surface area contributed by atoms with Crippen LogP contribution >= 0.6 is 0 Å². The van der Waals surface area contributed by atoms with E-state index >= 15 is 0 Å². The normalized spacial score (nSPS) is 34.8. The molecule has 0 saturated heterocycles. The summed E-state index contributed by atoms with van der Waals surface area (Å²) in [5.74, 6) is 1.23. The minimum absolute atomic E-state index is 0.185. The summed E-state index contributed by atoms with van der Waals surface area (Å²) in [7, 11) is 0. The first kappa shape index (κ1) is 11.9. The molecule has 92 valence electrons. The maximum atomic E-state index is 11.4. The van der Waals surface area contributed by atoms with E-state index < -0.39 is 5.60 Å². The third kappa shape index (κ3) is 2.97. The van der Waals surface area contributed by atoms with Gasteiger partial charge in [-0.15, -0.1) is 0 Å². The van der Waals surface area contributed by atoms with Gasteiger partial charge < -0.3 is 9.84 Å². The molecule has 16 heavy (non-hydrogen) atoms. The van der Waals surface area contributed by atoms with Crippen LogP contribution in [0.4, 0.5) is 0 Å². The molecule has 2 saturated carbocycles. The first-order chi connectivity index (χ1) is 7.63. The largest absolute Gasteiger partial charge is 0.466 e. The Kier molecular flexibility index (Phi) is 3.53. The molecule has 0 aliphatic heterocycles. The van der Waals surface area contributed by atoms with Crippen LogP contribution in [-0.2, 0) is 9.53 Å². The standard InChI is InChI=1S/C13H22O3/c1-2-16-12(14)9-13(15)7-3-4-11(8-13)10-5-6-10/h10-11,15H,2-9H2,1H3. The molecule has 3 nitrogen and oxygen atoms in total. The van der Waals surface area contributed by atoms with Crippen molar-refractivity contribution >= 4 is 5.97 Å². The van der Waals surface area contributed by atoms with Gasteiger partial charge in [0.1, 0.15) is 0 Å². The van der Waals surface area contributed by atoms with Crippen molar-refractivity contribution in [2.75, 3.05) is 6.61 Å². The molecule has 0 aromatic rings. The van der Waals surface area contributed by atoms with E-state index in [2.05, 4.69) is 0 Å². The molecule has 0 bridgehead atoms. The SMILES string of the molecule is CCOC(=O)CC1(O)CCCC(C2CC2)C1. The lowest BCUT2D eigenvalue weighted by molar-refractivity contribution is -0.150. The van der Waals surface area contributed by atoms with Crippen molar-refractivity contribution in [3.8, 4) is 0 Å². The molecule has 0 aromatic heterocycles. The molecule has 2 rings (SSSR count). The Balaban J connectivity index is 1.87. The molecular weight excluding hydrogens is 204 g/mol. The number of rotatable bonds is 4. The highest BCUT2D eigenvalue weighted by atomic mass is 16.5. The van der Waals surface area contributed by atoms with E-state index in [9.17, 15) is 9.90 Å². The minimum atomic E-state index is -0.780. The average molecular weight is 226 g/mol. The van der Waals surface area contributed by atoms with Gasteiger partial charge in [0.05, 0.1) is 18.6 Å². The third-order valence-corrected chi connectivity index (χ3v) is 3.93. The van der Waals surface area contributed by atoms with Crippen LogP contribution in [0.15, 0.2) is 0 Å². The van der Waals surface area contributed by atoms with Crippen LogP contribution < -0.4 is 0 Å². The summed E-state index contributed by atoms with van der Waals surface area (Å²) in [4.78, 5) is 11.4. The number of carbonyl (C=O) groups excluding carboxylic acids is 1. The van der Waals surface area contributed by atoms with Crippen molar-refractivity contribution in [1.29, 1.82) is 0 Å². The van der Waals surface area contributed by atoms with Crippen molar-refractivity contribution in [1.82, 2.24) is 0 Å². The monoisotopic (exact) mass is 226 g/mol. The Morgan fingerprint density at radius 2 is 2.12 bits per heavy atom. The summed E-state index contributed by atoms with van der Waals surface area (Å²) in [5.41, 5.74) is -0.780. The van der Waals surface area contributed by atoms with Crippen molar-refractivity contribution in [3.05, 3.63) is 0 Å². The number of aliphatic hydroxyl groups is 1.